The Morgan fingerprint density at radius 1 is 1.21 bits per heavy atom. The van der Waals surface area contributed by atoms with Crippen molar-refractivity contribution in [2.75, 3.05) is 11.4 Å². The Balaban J connectivity index is 1.93. The highest BCUT2D eigenvalue weighted by molar-refractivity contribution is 6.02. The molecule has 100 valence electrons. The van der Waals surface area contributed by atoms with E-state index in [-0.39, 0.29) is 17.9 Å². The Morgan fingerprint density at radius 2 is 1.95 bits per heavy atom. The molecule has 1 aromatic rings. The lowest BCUT2D eigenvalue weighted by atomic mass is 10.1. The number of nitrogens with zero attached hydrogens (tertiary/aromatic N) is 1. The number of nitrogens with one attached hydrogen (secondary N) is 1. The van der Waals surface area contributed by atoms with Crippen molar-refractivity contribution in [2.24, 2.45) is 5.92 Å². The molecule has 0 radical (unpaired) electrons. The zero-order valence-corrected chi connectivity index (χ0v) is 11.1. The molecular weight excluding hydrogens is 240 g/mol. The Bertz CT molecular complexity index is 523. The fourth-order valence-electron chi connectivity index (χ4n) is 2.65. The third-order valence-corrected chi connectivity index (χ3v) is 3.91. The van der Waals surface area contributed by atoms with Gasteiger partial charge in [0.2, 0.25) is 11.8 Å². The van der Waals surface area contributed by atoms with E-state index in [0.717, 1.165) is 24.1 Å². The first kappa shape index (κ1) is 12.2. The minimum atomic E-state index is -0.324. The van der Waals surface area contributed by atoms with E-state index < -0.39 is 0 Å². The fourth-order valence-corrected chi connectivity index (χ4v) is 2.65. The van der Waals surface area contributed by atoms with Crippen LogP contribution in [0.4, 0.5) is 5.69 Å². The molecule has 0 spiro atoms. The number of hydrogen-bond donors (Lipinski definition) is 1. The zero-order valence-electron chi connectivity index (χ0n) is 11.1. The van der Waals surface area contributed by atoms with Gasteiger partial charge >= 0.3 is 0 Å². The van der Waals surface area contributed by atoms with Gasteiger partial charge in [-0.05, 0) is 37.3 Å². The van der Waals surface area contributed by atoms with E-state index in [9.17, 15) is 9.59 Å². The van der Waals surface area contributed by atoms with E-state index in [2.05, 4.69) is 5.32 Å². The number of hydrogen-bond acceptors (Lipinski definition) is 2. The summed E-state index contributed by atoms with van der Waals surface area (Å²) in [7, 11) is 0. The highest BCUT2D eigenvalue weighted by atomic mass is 16.2. The number of aryl methyl sites for hydroxylation is 1. The summed E-state index contributed by atoms with van der Waals surface area (Å²) in [5.41, 5.74) is 1.99. The summed E-state index contributed by atoms with van der Waals surface area (Å²) in [6.07, 6.45) is 2.46. The first-order valence-electron chi connectivity index (χ1n) is 6.83. The summed E-state index contributed by atoms with van der Waals surface area (Å²) in [5.74, 6) is 0.366. The minimum absolute atomic E-state index is 0.0127. The summed E-state index contributed by atoms with van der Waals surface area (Å²) in [6.45, 7) is 2.47. The fraction of sp³-hybridized carbons (Fsp3) is 0.467. The summed E-state index contributed by atoms with van der Waals surface area (Å²) < 4.78 is 0. The molecule has 1 aromatic carbocycles. The second-order valence-corrected chi connectivity index (χ2v) is 5.41. The number of carbonyl (C=O) groups is 2. The number of rotatable bonds is 2. The van der Waals surface area contributed by atoms with Crippen molar-refractivity contribution in [3.05, 3.63) is 29.8 Å². The molecule has 2 amide bonds. The molecule has 2 aliphatic rings. The van der Waals surface area contributed by atoms with Crippen LogP contribution in [0.1, 0.15) is 24.8 Å². The predicted molar refractivity (Wildman–Crippen MR) is 72.8 cm³/mol. The SMILES string of the molecule is Cc1ccccc1N1CCC(=O)NC(C2CC2)C1=O. The van der Waals surface area contributed by atoms with Crippen LogP contribution < -0.4 is 10.2 Å². The van der Waals surface area contributed by atoms with Crippen LogP contribution in [0.25, 0.3) is 0 Å². The number of para-hydroxylation sites is 1. The molecule has 4 heteroatoms. The van der Waals surface area contributed by atoms with Crippen molar-refractivity contribution in [3.63, 3.8) is 0 Å². The van der Waals surface area contributed by atoms with Crippen molar-refractivity contribution in [3.8, 4) is 0 Å². The van der Waals surface area contributed by atoms with E-state index in [1.165, 1.54) is 0 Å². The van der Waals surface area contributed by atoms with Crippen LogP contribution in [-0.2, 0) is 9.59 Å². The van der Waals surface area contributed by atoms with E-state index in [0.29, 0.717) is 18.9 Å². The topological polar surface area (TPSA) is 49.4 Å². The van der Waals surface area contributed by atoms with Crippen LogP contribution in [0.15, 0.2) is 24.3 Å². The Morgan fingerprint density at radius 3 is 2.63 bits per heavy atom. The highest BCUT2D eigenvalue weighted by Gasteiger charge is 2.41. The Kier molecular flexibility index (Phi) is 3.01. The van der Waals surface area contributed by atoms with Crippen molar-refractivity contribution in [1.29, 1.82) is 0 Å². The van der Waals surface area contributed by atoms with E-state index in [1.807, 2.05) is 31.2 Å². The maximum atomic E-state index is 12.6. The van der Waals surface area contributed by atoms with Gasteiger partial charge in [0.1, 0.15) is 6.04 Å². The molecule has 2 fully saturated rings. The maximum absolute atomic E-state index is 12.6. The van der Waals surface area contributed by atoms with E-state index >= 15 is 0 Å². The molecule has 0 bridgehead atoms. The molecule has 3 rings (SSSR count). The number of anilines is 1. The molecular formula is C15H18N2O2. The van der Waals surface area contributed by atoms with Gasteiger partial charge in [-0.15, -0.1) is 0 Å². The van der Waals surface area contributed by atoms with Crippen molar-refractivity contribution < 1.29 is 9.59 Å². The van der Waals surface area contributed by atoms with Gasteiger partial charge in [0.25, 0.3) is 0 Å². The first-order valence-corrected chi connectivity index (χ1v) is 6.83. The standard InChI is InChI=1S/C15H18N2O2/c1-10-4-2-3-5-12(10)17-9-8-13(18)16-14(15(17)19)11-6-7-11/h2-5,11,14H,6-9H2,1H3,(H,16,18). The van der Waals surface area contributed by atoms with E-state index in [1.54, 1.807) is 4.90 Å². The minimum Gasteiger partial charge on any atom is -0.344 e. The van der Waals surface area contributed by atoms with Gasteiger partial charge in [-0.2, -0.15) is 0 Å². The van der Waals surface area contributed by atoms with E-state index in [4.69, 9.17) is 0 Å². The zero-order chi connectivity index (χ0) is 13.4. The highest BCUT2D eigenvalue weighted by Crippen LogP contribution is 2.35. The normalized spacial score (nSPS) is 24.1. The quantitative estimate of drug-likeness (QED) is 0.876. The van der Waals surface area contributed by atoms with Gasteiger partial charge in [-0.1, -0.05) is 18.2 Å². The molecule has 1 N–H and O–H groups in total. The van der Waals surface area contributed by atoms with Crippen LogP contribution in [-0.4, -0.2) is 24.4 Å². The molecule has 1 atom stereocenters. The van der Waals surface area contributed by atoms with Crippen molar-refractivity contribution in [1.82, 2.24) is 5.32 Å². The second kappa shape index (κ2) is 4.68. The molecule has 19 heavy (non-hydrogen) atoms. The molecule has 4 nitrogen and oxygen atoms in total. The van der Waals surface area contributed by atoms with Gasteiger partial charge < -0.3 is 10.2 Å². The average Bonchev–Trinajstić information content (AvgIpc) is 3.21. The summed E-state index contributed by atoms with van der Waals surface area (Å²) in [4.78, 5) is 26.2. The average molecular weight is 258 g/mol. The van der Waals surface area contributed by atoms with Crippen molar-refractivity contribution >= 4 is 17.5 Å². The summed E-state index contributed by atoms with van der Waals surface area (Å²) in [6, 6.07) is 7.52. The molecule has 1 aliphatic heterocycles. The van der Waals surface area contributed by atoms with Crippen LogP contribution in [0.3, 0.4) is 0 Å². The largest absolute Gasteiger partial charge is 0.344 e. The number of benzene rings is 1. The Hall–Kier alpha value is -1.84. The first-order chi connectivity index (χ1) is 9.16. The van der Waals surface area contributed by atoms with Crippen LogP contribution >= 0.6 is 0 Å². The summed E-state index contributed by atoms with van der Waals surface area (Å²) in [5, 5.41) is 2.88. The van der Waals surface area contributed by atoms with Gasteiger partial charge in [0.15, 0.2) is 0 Å². The number of carbonyl (C=O) groups excluding carboxylic acids is 2. The lowest BCUT2D eigenvalue weighted by Gasteiger charge is -2.25. The predicted octanol–water partition coefficient (Wildman–Crippen LogP) is 1.63. The lowest BCUT2D eigenvalue weighted by Crippen LogP contribution is -2.46. The molecule has 1 saturated heterocycles. The monoisotopic (exact) mass is 258 g/mol. The van der Waals surface area contributed by atoms with Gasteiger partial charge in [-0.25, -0.2) is 0 Å². The van der Waals surface area contributed by atoms with Gasteiger partial charge in [0, 0.05) is 18.7 Å². The smallest absolute Gasteiger partial charge is 0.249 e. The van der Waals surface area contributed by atoms with Crippen LogP contribution in [0, 0.1) is 12.8 Å². The molecule has 1 saturated carbocycles. The lowest BCUT2D eigenvalue weighted by molar-refractivity contribution is -0.126. The number of amides is 2. The maximum Gasteiger partial charge on any atom is 0.249 e. The summed E-state index contributed by atoms with van der Waals surface area (Å²) >= 11 is 0. The third-order valence-electron chi connectivity index (χ3n) is 3.91. The molecule has 1 heterocycles. The Labute approximate surface area is 112 Å². The van der Waals surface area contributed by atoms with Gasteiger partial charge in [0.05, 0.1) is 0 Å². The van der Waals surface area contributed by atoms with Crippen LogP contribution in [0.2, 0.25) is 0 Å². The molecule has 1 aliphatic carbocycles. The second-order valence-electron chi connectivity index (χ2n) is 5.41. The van der Waals surface area contributed by atoms with Crippen molar-refractivity contribution in [2.45, 2.75) is 32.2 Å². The molecule has 1 unspecified atom stereocenters. The third kappa shape index (κ3) is 2.35. The van der Waals surface area contributed by atoms with Gasteiger partial charge in [-0.3, -0.25) is 9.59 Å². The van der Waals surface area contributed by atoms with Crippen LogP contribution in [0.5, 0.6) is 0 Å². The molecule has 0 aromatic heterocycles.